The molecule has 0 bridgehead atoms. The number of carbonyl (C=O) groups is 2. The number of nitrogens with two attached hydrogens (primary N) is 1. The van der Waals surface area contributed by atoms with Crippen molar-refractivity contribution in [3.63, 3.8) is 0 Å². The number of nitrogens with one attached hydrogen (secondary N) is 1. The molecule has 3 rings (SSSR count). The van der Waals surface area contributed by atoms with Gasteiger partial charge in [0, 0.05) is 31.0 Å². The van der Waals surface area contributed by atoms with E-state index in [4.69, 9.17) is 5.73 Å². The zero-order valence-electron chi connectivity index (χ0n) is 15.0. The second kappa shape index (κ2) is 7.76. The van der Waals surface area contributed by atoms with Crippen LogP contribution in [0.2, 0.25) is 0 Å². The quantitative estimate of drug-likeness (QED) is 0.812. The highest BCUT2D eigenvalue weighted by Gasteiger charge is 2.25. The summed E-state index contributed by atoms with van der Waals surface area (Å²) in [7, 11) is 0. The van der Waals surface area contributed by atoms with E-state index in [-0.39, 0.29) is 18.4 Å². The summed E-state index contributed by atoms with van der Waals surface area (Å²) in [6.45, 7) is 4.47. The number of nitrogen functional groups attached to an aromatic ring is 1. The number of anilines is 2. The van der Waals surface area contributed by atoms with Crippen molar-refractivity contribution < 1.29 is 9.59 Å². The van der Waals surface area contributed by atoms with Crippen LogP contribution in [0.25, 0.3) is 0 Å². The summed E-state index contributed by atoms with van der Waals surface area (Å²) in [6.07, 6.45) is 5.22. The van der Waals surface area contributed by atoms with Crippen LogP contribution in [0.5, 0.6) is 0 Å². The van der Waals surface area contributed by atoms with Gasteiger partial charge in [-0.2, -0.15) is 0 Å². The average Bonchev–Trinajstić information content (AvgIpc) is 2.62. The normalized spacial score (nSPS) is 18.4. The molecule has 2 aliphatic rings. The largest absolute Gasteiger partial charge is 0.398 e. The van der Waals surface area contributed by atoms with E-state index in [2.05, 4.69) is 10.2 Å². The molecule has 0 radical (unpaired) electrons. The first-order chi connectivity index (χ1) is 12.1. The number of likely N-dealkylation sites (tertiary alicyclic amines) is 1. The van der Waals surface area contributed by atoms with Crippen molar-refractivity contribution in [2.75, 3.05) is 36.8 Å². The van der Waals surface area contributed by atoms with Crippen LogP contribution >= 0.6 is 0 Å². The predicted octanol–water partition coefficient (Wildman–Crippen LogP) is 1.54. The molecule has 25 heavy (non-hydrogen) atoms. The highest BCUT2D eigenvalue weighted by atomic mass is 16.2. The summed E-state index contributed by atoms with van der Waals surface area (Å²) < 4.78 is 0. The number of amides is 2. The van der Waals surface area contributed by atoms with Crippen molar-refractivity contribution in [2.45, 2.75) is 45.1 Å². The average molecular weight is 344 g/mol. The van der Waals surface area contributed by atoms with Gasteiger partial charge in [-0.05, 0) is 56.7 Å². The predicted molar refractivity (Wildman–Crippen MR) is 99.4 cm³/mol. The molecule has 1 atom stereocenters. The van der Waals surface area contributed by atoms with Crippen molar-refractivity contribution in [2.24, 2.45) is 0 Å². The van der Waals surface area contributed by atoms with Gasteiger partial charge in [-0.3, -0.25) is 9.59 Å². The molecule has 1 fully saturated rings. The van der Waals surface area contributed by atoms with Gasteiger partial charge in [-0.25, -0.2) is 0 Å². The summed E-state index contributed by atoms with van der Waals surface area (Å²) >= 11 is 0. The maximum atomic E-state index is 12.4. The molecule has 0 saturated carbocycles. The van der Waals surface area contributed by atoms with E-state index < -0.39 is 6.04 Å². The highest BCUT2D eigenvalue weighted by molar-refractivity contribution is 5.89. The fourth-order valence-electron chi connectivity index (χ4n) is 3.80. The van der Waals surface area contributed by atoms with Crippen LogP contribution in [0.15, 0.2) is 18.2 Å². The lowest BCUT2D eigenvalue weighted by Gasteiger charge is -2.32. The Balaban J connectivity index is 1.58. The summed E-state index contributed by atoms with van der Waals surface area (Å²) in [5.41, 5.74) is 9.01. The molecule has 6 heteroatoms. The second-order valence-electron chi connectivity index (χ2n) is 7.05. The molecular weight excluding hydrogens is 316 g/mol. The van der Waals surface area contributed by atoms with Crippen molar-refractivity contribution in [3.05, 3.63) is 23.8 Å². The minimum absolute atomic E-state index is 0.0244. The maximum absolute atomic E-state index is 12.4. The Morgan fingerprint density at radius 2 is 1.92 bits per heavy atom. The van der Waals surface area contributed by atoms with Gasteiger partial charge < -0.3 is 20.9 Å². The summed E-state index contributed by atoms with van der Waals surface area (Å²) in [5.74, 6) is -0.0931. The van der Waals surface area contributed by atoms with Gasteiger partial charge in [-0.15, -0.1) is 0 Å². The minimum atomic E-state index is -0.476. The van der Waals surface area contributed by atoms with Gasteiger partial charge >= 0.3 is 0 Å². The van der Waals surface area contributed by atoms with Crippen molar-refractivity contribution in [1.82, 2.24) is 10.2 Å². The molecule has 0 aliphatic carbocycles. The molecule has 1 saturated heterocycles. The second-order valence-corrected chi connectivity index (χ2v) is 7.05. The number of rotatable bonds is 4. The number of benzene rings is 1. The number of piperidine rings is 1. The number of hydrogen-bond donors (Lipinski definition) is 2. The SMILES string of the molecule is CC(NC(=O)CN1CCCc2c(N)cccc21)C(=O)N1CCCCC1. The van der Waals surface area contributed by atoms with Gasteiger partial charge in [0.05, 0.1) is 6.54 Å². The third kappa shape index (κ3) is 4.06. The molecule has 3 N–H and O–H groups in total. The van der Waals surface area contributed by atoms with Crippen molar-refractivity contribution in [3.8, 4) is 0 Å². The van der Waals surface area contributed by atoms with Gasteiger partial charge in [0.1, 0.15) is 6.04 Å². The zero-order chi connectivity index (χ0) is 17.8. The van der Waals surface area contributed by atoms with Crippen molar-refractivity contribution >= 4 is 23.2 Å². The number of nitrogens with zero attached hydrogens (tertiary/aromatic N) is 2. The van der Waals surface area contributed by atoms with E-state index in [0.717, 1.165) is 62.3 Å². The van der Waals surface area contributed by atoms with E-state index in [1.807, 2.05) is 23.1 Å². The monoisotopic (exact) mass is 344 g/mol. The lowest BCUT2D eigenvalue weighted by Crippen LogP contribution is -2.50. The lowest BCUT2D eigenvalue weighted by molar-refractivity contribution is -0.136. The van der Waals surface area contributed by atoms with Crippen LogP contribution < -0.4 is 16.0 Å². The van der Waals surface area contributed by atoms with Crippen LogP contribution in [0.4, 0.5) is 11.4 Å². The first-order valence-corrected chi connectivity index (χ1v) is 9.26. The third-order valence-corrected chi connectivity index (χ3v) is 5.13. The van der Waals surface area contributed by atoms with Crippen LogP contribution in [-0.4, -0.2) is 48.9 Å². The molecule has 2 heterocycles. The molecule has 0 aromatic heterocycles. The fourth-order valence-corrected chi connectivity index (χ4v) is 3.80. The van der Waals surface area contributed by atoms with E-state index in [9.17, 15) is 9.59 Å². The molecule has 1 aromatic carbocycles. The number of fused-ring (bicyclic) bond motifs is 1. The summed E-state index contributed by atoms with van der Waals surface area (Å²) in [6, 6.07) is 5.37. The minimum Gasteiger partial charge on any atom is -0.398 e. The first-order valence-electron chi connectivity index (χ1n) is 9.26. The fraction of sp³-hybridized carbons (Fsp3) is 0.579. The smallest absolute Gasteiger partial charge is 0.244 e. The van der Waals surface area contributed by atoms with Crippen molar-refractivity contribution in [1.29, 1.82) is 0 Å². The molecule has 6 nitrogen and oxygen atoms in total. The summed E-state index contributed by atoms with van der Waals surface area (Å²) in [5, 5.41) is 2.87. The van der Waals surface area contributed by atoms with Crippen LogP contribution in [-0.2, 0) is 16.0 Å². The Bertz CT molecular complexity index is 640. The first kappa shape index (κ1) is 17.6. The molecule has 1 aromatic rings. The number of hydrogen-bond acceptors (Lipinski definition) is 4. The Morgan fingerprint density at radius 1 is 1.16 bits per heavy atom. The van der Waals surface area contributed by atoms with E-state index >= 15 is 0 Å². The highest BCUT2D eigenvalue weighted by Crippen LogP contribution is 2.30. The Hall–Kier alpha value is -2.24. The number of carbonyl (C=O) groups excluding carboxylic acids is 2. The van der Waals surface area contributed by atoms with E-state index in [0.29, 0.717) is 0 Å². The van der Waals surface area contributed by atoms with Crippen LogP contribution in [0, 0.1) is 0 Å². The van der Waals surface area contributed by atoms with Gasteiger partial charge in [0.2, 0.25) is 11.8 Å². The standard InChI is InChI=1S/C19H28N4O2/c1-14(19(25)22-10-3-2-4-11-22)21-18(24)13-23-12-6-7-15-16(20)8-5-9-17(15)23/h5,8-9,14H,2-4,6-7,10-13,20H2,1H3,(H,21,24). The molecule has 136 valence electrons. The van der Waals surface area contributed by atoms with Crippen LogP contribution in [0.1, 0.15) is 38.2 Å². The lowest BCUT2D eigenvalue weighted by atomic mass is 10.00. The summed E-state index contributed by atoms with van der Waals surface area (Å²) in [4.78, 5) is 28.8. The maximum Gasteiger partial charge on any atom is 0.244 e. The van der Waals surface area contributed by atoms with Gasteiger partial charge in [0.15, 0.2) is 0 Å². The van der Waals surface area contributed by atoms with E-state index in [1.165, 1.54) is 6.42 Å². The molecule has 2 amide bonds. The topological polar surface area (TPSA) is 78.7 Å². The molecule has 0 spiro atoms. The van der Waals surface area contributed by atoms with Crippen LogP contribution in [0.3, 0.4) is 0 Å². The Kier molecular flexibility index (Phi) is 5.46. The zero-order valence-corrected chi connectivity index (χ0v) is 15.0. The van der Waals surface area contributed by atoms with Gasteiger partial charge in [0.25, 0.3) is 0 Å². The third-order valence-electron chi connectivity index (χ3n) is 5.13. The Morgan fingerprint density at radius 3 is 2.68 bits per heavy atom. The molecular formula is C19H28N4O2. The van der Waals surface area contributed by atoms with E-state index in [1.54, 1.807) is 6.92 Å². The van der Waals surface area contributed by atoms with Gasteiger partial charge in [-0.1, -0.05) is 6.07 Å². The molecule has 2 aliphatic heterocycles. The molecule has 1 unspecified atom stereocenters. The Labute approximate surface area is 149 Å².